The first-order valence-corrected chi connectivity index (χ1v) is 7.69. The summed E-state index contributed by atoms with van der Waals surface area (Å²) in [7, 11) is 3.87. The molecular formula is C12H17N7O2S. The number of carbonyl (C=O) groups excluding carboxylic acids is 1. The molecule has 2 N–H and O–H groups in total. The molecule has 1 amide bonds. The van der Waals surface area contributed by atoms with Crippen molar-refractivity contribution in [3.05, 3.63) is 17.5 Å². The number of nitrogens with two attached hydrogens (primary N) is 1. The Labute approximate surface area is 131 Å². The van der Waals surface area contributed by atoms with Crippen LogP contribution in [0.1, 0.15) is 41.2 Å². The molecule has 3 rings (SSSR count). The lowest BCUT2D eigenvalue weighted by atomic mass is 10.2. The summed E-state index contributed by atoms with van der Waals surface area (Å²) in [4.78, 5) is 23.7. The Bertz CT molecular complexity index is 668. The molecule has 1 atom stereocenters. The molecular weight excluding hydrogens is 306 g/mol. The van der Waals surface area contributed by atoms with Gasteiger partial charge in [-0.2, -0.15) is 9.36 Å². The van der Waals surface area contributed by atoms with E-state index in [1.807, 2.05) is 19.0 Å². The Hall–Kier alpha value is -2.07. The van der Waals surface area contributed by atoms with E-state index in [0.29, 0.717) is 12.4 Å². The second-order valence-electron chi connectivity index (χ2n) is 5.34. The highest BCUT2D eigenvalue weighted by Crippen LogP contribution is 2.32. The molecule has 1 aliphatic heterocycles. The normalized spacial score (nSPS) is 18.7. The summed E-state index contributed by atoms with van der Waals surface area (Å²) >= 11 is 1.37. The summed E-state index contributed by atoms with van der Waals surface area (Å²) in [5.74, 6) is 0.435. The van der Waals surface area contributed by atoms with Crippen molar-refractivity contribution in [2.45, 2.75) is 25.4 Å². The highest BCUT2D eigenvalue weighted by molar-refractivity contribution is 7.09. The maximum atomic E-state index is 11.1. The Morgan fingerprint density at radius 1 is 1.50 bits per heavy atom. The van der Waals surface area contributed by atoms with Gasteiger partial charge in [-0.15, -0.1) is 0 Å². The number of primary amides is 1. The number of hydrogen-bond donors (Lipinski definition) is 1. The fourth-order valence-corrected chi connectivity index (χ4v) is 3.03. The van der Waals surface area contributed by atoms with Crippen LogP contribution in [-0.2, 0) is 6.54 Å². The van der Waals surface area contributed by atoms with Crippen LogP contribution in [0.3, 0.4) is 0 Å². The van der Waals surface area contributed by atoms with Crippen molar-refractivity contribution in [3.63, 3.8) is 0 Å². The Morgan fingerprint density at radius 2 is 2.32 bits per heavy atom. The molecule has 1 fully saturated rings. The standard InChI is InChI=1S/C12H17N7O2S/c1-18(2)12-14-8(17-22-12)6-19-5-3-4-7(19)11-15-10(9(13)20)16-21-11/h7H,3-6H2,1-2H3,(H2,13,20). The summed E-state index contributed by atoms with van der Waals surface area (Å²) in [5, 5.41) is 4.48. The number of amides is 1. The number of nitrogens with zero attached hydrogens (tertiary/aromatic N) is 6. The maximum Gasteiger partial charge on any atom is 0.290 e. The zero-order valence-electron chi connectivity index (χ0n) is 12.4. The van der Waals surface area contributed by atoms with E-state index < -0.39 is 5.91 Å². The summed E-state index contributed by atoms with van der Waals surface area (Å²) in [5.41, 5.74) is 5.15. The molecule has 1 aliphatic rings. The number of hydrogen-bond acceptors (Lipinski definition) is 9. The van der Waals surface area contributed by atoms with E-state index in [2.05, 4.69) is 24.4 Å². The Balaban J connectivity index is 1.73. The van der Waals surface area contributed by atoms with Crippen molar-refractivity contribution >= 4 is 22.6 Å². The second-order valence-corrected chi connectivity index (χ2v) is 6.07. The van der Waals surface area contributed by atoms with Gasteiger partial charge in [0.15, 0.2) is 5.82 Å². The maximum absolute atomic E-state index is 11.1. The minimum atomic E-state index is -0.684. The Kier molecular flexibility index (Phi) is 4.03. The van der Waals surface area contributed by atoms with Crippen LogP contribution in [0.4, 0.5) is 5.13 Å². The molecule has 118 valence electrons. The van der Waals surface area contributed by atoms with E-state index in [-0.39, 0.29) is 11.9 Å². The average molecular weight is 323 g/mol. The van der Waals surface area contributed by atoms with E-state index in [0.717, 1.165) is 30.3 Å². The van der Waals surface area contributed by atoms with Crippen LogP contribution in [0.25, 0.3) is 0 Å². The summed E-state index contributed by atoms with van der Waals surface area (Å²) in [6.45, 7) is 1.51. The molecule has 9 nitrogen and oxygen atoms in total. The van der Waals surface area contributed by atoms with Crippen molar-refractivity contribution in [3.8, 4) is 0 Å². The van der Waals surface area contributed by atoms with Crippen molar-refractivity contribution in [1.82, 2.24) is 24.4 Å². The summed E-state index contributed by atoms with van der Waals surface area (Å²) < 4.78 is 9.54. The summed E-state index contributed by atoms with van der Waals surface area (Å²) in [6.07, 6.45) is 1.91. The Morgan fingerprint density at radius 3 is 2.95 bits per heavy atom. The fourth-order valence-electron chi connectivity index (χ4n) is 2.44. The molecule has 0 aromatic carbocycles. The molecule has 0 aliphatic carbocycles. The van der Waals surface area contributed by atoms with Gasteiger partial charge in [0.1, 0.15) is 0 Å². The predicted molar refractivity (Wildman–Crippen MR) is 79.4 cm³/mol. The first-order chi connectivity index (χ1) is 10.5. The molecule has 3 heterocycles. The minimum absolute atomic E-state index is 0.0214. The minimum Gasteiger partial charge on any atom is -0.363 e. The van der Waals surface area contributed by atoms with E-state index in [1.165, 1.54) is 11.5 Å². The van der Waals surface area contributed by atoms with Gasteiger partial charge in [0.2, 0.25) is 11.0 Å². The molecule has 2 aromatic rings. The summed E-state index contributed by atoms with van der Waals surface area (Å²) in [6, 6.07) is -0.0214. The average Bonchev–Trinajstić information content (AvgIpc) is 3.18. The highest BCUT2D eigenvalue weighted by Gasteiger charge is 2.32. The van der Waals surface area contributed by atoms with Gasteiger partial charge < -0.3 is 15.2 Å². The predicted octanol–water partition coefficient (Wildman–Crippen LogP) is 0.423. The SMILES string of the molecule is CN(C)c1nc(CN2CCCC2c2nc(C(N)=O)no2)ns1. The molecule has 0 radical (unpaired) electrons. The van der Waals surface area contributed by atoms with E-state index in [4.69, 9.17) is 10.3 Å². The van der Waals surface area contributed by atoms with Gasteiger partial charge in [-0.25, -0.2) is 4.98 Å². The van der Waals surface area contributed by atoms with Gasteiger partial charge in [0.25, 0.3) is 11.7 Å². The van der Waals surface area contributed by atoms with Crippen molar-refractivity contribution in [2.24, 2.45) is 5.73 Å². The number of aromatic nitrogens is 4. The molecule has 0 saturated carbocycles. The first kappa shape index (κ1) is 14.9. The van der Waals surface area contributed by atoms with Crippen molar-refractivity contribution < 1.29 is 9.32 Å². The van der Waals surface area contributed by atoms with Crippen LogP contribution in [-0.4, -0.2) is 50.9 Å². The largest absolute Gasteiger partial charge is 0.363 e. The van der Waals surface area contributed by atoms with Crippen LogP contribution >= 0.6 is 11.5 Å². The third-order valence-corrected chi connectivity index (χ3v) is 4.42. The third kappa shape index (κ3) is 2.92. The van der Waals surface area contributed by atoms with Crippen molar-refractivity contribution in [1.29, 1.82) is 0 Å². The molecule has 1 unspecified atom stereocenters. The molecule has 22 heavy (non-hydrogen) atoms. The molecule has 1 saturated heterocycles. The van der Waals surface area contributed by atoms with Gasteiger partial charge >= 0.3 is 0 Å². The third-order valence-electron chi connectivity index (χ3n) is 3.50. The van der Waals surface area contributed by atoms with Crippen LogP contribution in [0.15, 0.2) is 4.52 Å². The van der Waals surface area contributed by atoms with E-state index in [9.17, 15) is 4.79 Å². The molecule has 0 bridgehead atoms. The fraction of sp³-hybridized carbons (Fsp3) is 0.583. The van der Waals surface area contributed by atoms with Crippen molar-refractivity contribution in [2.75, 3.05) is 25.5 Å². The van der Waals surface area contributed by atoms with Crippen LogP contribution in [0, 0.1) is 0 Å². The lowest BCUT2D eigenvalue weighted by Gasteiger charge is -2.19. The number of rotatable bonds is 5. The van der Waals surface area contributed by atoms with Gasteiger partial charge in [-0.3, -0.25) is 9.69 Å². The van der Waals surface area contributed by atoms with Gasteiger partial charge in [-0.05, 0) is 19.4 Å². The van der Waals surface area contributed by atoms with Gasteiger partial charge in [0, 0.05) is 25.6 Å². The molecule has 0 spiro atoms. The number of likely N-dealkylation sites (tertiary alicyclic amines) is 1. The number of anilines is 1. The quantitative estimate of drug-likeness (QED) is 0.842. The zero-order chi connectivity index (χ0) is 15.7. The van der Waals surface area contributed by atoms with Crippen LogP contribution < -0.4 is 10.6 Å². The van der Waals surface area contributed by atoms with Crippen LogP contribution in [0.2, 0.25) is 0 Å². The highest BCUT2D eigenvalue weighted by atomic mass is 32.1. The van der Waals surface area contributed by atoms with E-state index in [1.54, 1.807) is 0 Å². The number of carbonyl (C=O) groups is 1. The first-order valence-electron chi connectivity index (χ1n) is 6.92. The van der Waals surface area contributed by atoms with E-state index >= 15 is 0 Å². The van der Waals surface area contributed by atoms with Gasteiger partial charge in [-0.1, -0.05) is 5.16 Å². The molecule has 10 heteroatoms. The monoisotopic (exact) mass is 323 g/mol. The second kappa shape index (κ2) is 5.97. The van der Waals surface area contributed by atoms with Crippen LogP contribution in [0.5, 0.6) is 0 Å². The van der Waals surface area contributed by atoms with Gasteiger partial charge in [0.05, 0.1) is 12.6 Å². The topological polar surface area (TPSA) is 114 Å². The smallest absolute Gasteiger partial charge is 0.290 e. The lowest BCUT2D eigenvalue weighted by molar-refractivity contribution is 0.0987. The zero-order valence-corrected chi connectivity index (χ0v) is 13.2. The molecule has 2 aromatic heterocycles. The lowest BCUT2D eigenvalue weighted by Crippen LogP contribution is -2.24.